The Balaban J connectivity index is 1.52. The molecule has 0 aliphatic carbocycles. The first-order valence-electron chi connectivity index (χ1n) is 11.5. The molecule has 2 aliphatic rings. The largest absolute Gasteiger partial charge is 0.451 e. The maximum atomic E-state index is 13.5. The normalized spacial score (nSPS) is 22.1. The van der Waals surface area contributed by atoms with Crippen molar-refractivity contribution in [1.29, 1.82) is 0 Å². The van der Waals surface area contributed by atoms with Gasteiger partial charge in [-0.05, 0) is 60.9 Å². The number of fused-ring (bicyclic) bond motifs is 1. The Morgan fingerprint density at radius 2 is 1.83 bits per heavy atom. The van der Waals surface area contributed by atoms with Crippen molar-refractivity contribution in [3.05, 3.63) is 81.9 Å². The number of likely N-dealkylation sites (N-methyl/N-ethyl adjacent to an activating group) is 1. The molecule has 3 aromatic rings. The number of nitrogens with zero attached hydrogens (tertiary/aromatic N) is 3. The Kier molecular flexibility index (Phi) is 6.31. The standard InChI is InChI=1S/C25H23F4N3O4/c1-31-19(13-21(36-31)25(27,28)29)14-6-11-17-18(12-14)30-22(5-3-2-4-20-24(34)35-20)32(23(17)33)16-9-7-15(26)8-10-16/h6-13,19-20,24,34H,2-5H2,1H3. The summed E-state index contributed by atoms with van der Waals surface area (Å²) in [6.45, 7) is 0. The quantitative estimate of drug-likeness (QED) is 0.293. The lowest BCUT2D eigenvalue weighted by atomic mass is 10.0. The molecule has 3 heterocycles. The van der Waals surface area contributed by atoms with Crippen LogP contribution in [0, 0.1) is 5.82 Å². The molecule has 1 aromatic heterocycles. The van der Waals surface area contributed by atoms with Crippen LogP contribution in [-0.2, 0) is 16.0 Å². The Hall–Kier alpha value is -3.28. The molecule has 7 nitrogen and oxygen atoms in total. The molecular formula is C25H23F4N3O4. The summed E-state index contributed by atoms with van der Waals surface area (Å²) in [6, 6.07) is 9.38. The van der Waals surface area contributed by atoms with Crippen LogP contribution in [0.1, 0.15) is 36.7 Å². The van der Waals surface area contributed by atoms with Gasteiger partial charge in [0.1, 0.15) is 17.7 Å². The van der Waals surface area contributed by atoms with E-state index in [4.69, 9.17) is 14.6 Å². The van der Waals surface area contributed by atoms with Gasteiger partial charge in [0.15, 0.2) is 6.29 Å². The van der Waals surface area contributed by atoms with Crippen molar-refractivity contribution in [2.24, 2.45) is 0 Å². The highest BCUT2D eigenvalue weighted by atomic mass is 19.4. The molecule has 3 unspecified atom stereocenters. The van der Waals surface area contributed by atoms with Gasteiger partial charge in [0, 0.05) is 13.5 Å². The summed E-state index contributed by atoms with van der Waals surface area (Å²) in [5.41, 5.74) is 0.921. The number of benzene rings is 2. The predicted molar refractivity (Wildman–Crippen MR) is 121 cm³/mol. The number of allylic oxidation sites excluding steroid dienone is 1. The Morgan fingerprint density at radius 1 is 1.11 bits per heavy atom. The van der Waals surface area contributed by atoms with E-state index in [0.29, 0.717) is 41.9 Å². The highest BCUT2D eigenvalue weighted by Gasteiger charge is 2.42. The van der Waals surface area contributed by atoms with Gasteiger partial charge >= 0.3 is 6.18 Å². The molecule has 1 fully saturated rings. The second-order valence-electron chi connectivity index (χ2n) is 8.84. The van der Waals surface area contributed by atoms with E-state index < -0.39 is 30.1 Å². The van der Waals surface area contributed by atoms with Gasteiger partial charge in [0.25, 0.3) is 5.56 Å². The molecule has 36 heavy (non-hydrogen) atoms. The van der Waals surface area contributed by atoms with Crippen LogP contribution in [0.5, 0.6) is 0 Å². The molecule has 190 valence electrons. The summed E-state index contributed by atoms with van der Waals surface area (Å²) in [5, 5.41) is 10.7. The third-order valence-electron chi connectivity index (χ3n) is 6.31. The number of rotatable bonds is 7. The van der Waals surface area contributed by atoms with E-state index in [-0.39, 0.29) is 17.0 Å². The van der Waals surface area contributed by atoms with Crippen LogP contribution in [0.3, 0.4) is 0 Å². The molecule has 0 radical (unpaired) electrons. The number of hydroxylamine groups is 2. The number of aliphatic hydroxyl groups excluding tert-OH is 1. The van der Waals surface area contributed by atoms with Gasteiger partial charge in [-0.25, -0.2) is 9.37 Å². The summed E-state index contributed by atoms with van der Waals surface area (Å²) in [4.78, 5) is 23.0. The maximum Gasteiger partial charge on any atom is 0.451 e. The number of hydrogen-bond acceptors (Lipinski definition) is 6. The van der Waals surface area contributed by atoms with Gasteiger partial charge in [-0.1, -0.05) is 12.5 Å². The molecule has 0 saturated carbocycles. The summed E-state index contributed by atoms with van der Waals surface area (Å²) in [7, 11) is 1.40. The average Bonchev–Trinajstić information content (AvgIpc) is 3.38. The summed E-state index contributed by atoms with van der Waals surface area (Å²) < 4.78 is 59.3. The fourth-order valence-corrected chi connectivity index (χ4v) is 4.37. The number of ether oxygens (including phenoxy) is 1. The number of hydrogen-bond donors (Lipinski definition) is 1. The molecular weight excluding hydrogens is 482 g/mol. The number of halogens is 4. The number of unbranched alkanes of at least 4 members (excludes halogenated alkanes) is 1. The summed E-state index contributed by atoms with van der Waals surface area (Å²) in [6.07, 6.45) is -2.05. The number of aliphatic hydroxyl groups is 1. The van der Waals surface area contributed by atoms with Crippen LogP contribution in [0.4, 0.5) is 17.6 Å². The van der Waals surface area contributed by atoms with Gasteiger partial charge in [-0.3, -0.25) is 9.36 Å². The molecule has 0 amide bonds. The molecule has 5 rings (SSSR count). The number of epoxide rings is 1. The fourth-order valence-electron chi connectivity index (χ4n) is 4.37. The molecule has 11 heteroatoms. The van der Waals surface area contributed by atoms with Crippen LogP contribution in [0.2, 0.25) is 0 Å². The topological polar surface area (TPSA) is 80.1 Å². The van der Waals surface area contributed by atoms with Crippen LogP contribution in [0.15, 0.2) is 59.1 Å². The molecule has 2 aromatic carbocycles. The second-order valence-corrected chi connectivity index (χ2v) is 8.84. The Morgan fingerprint density at radius 3 is 2.47 bits per heavy atom. The third kappa shape index (κ3) is 4.86. The Bertz CT molecular complexity index is 1370. The van der Waals surface area contributed by atoms with Crippen molar-refractivity contribution in [3.8, 4) is 5.69 Å². The average molecular weight is 505 g/mol. The zero-order valence-electron chi connectivity index (χ0n) is 19.2. The minimum absolute atomic E-state index is 0.170. The van der Waals surface area contributed by atoms with Gasteiger partial charge in [-0.2, -0.15) is 13.2 Å². The first kappa shape index (κ1) is 24.4. The highest BCUT2D eigenvalue weighted by Crippen LogP contribution is 2.38. The first-order chi connectivity index (χ1) is 17.1. The van der Waals surface area contributed by atoms with Crippen molar-refractivity contribution >= 4 is 10.9 Å². The zero-order valence-corrected chi connectivity index (χ0v) is 19.2. The van der Waals surface area contributed by atoms with E-state index in [2.05, 4.69) is 0 Å². The molecule has 3 atom stereocenters. The van der Waals surface area contributed by atoms with Crippen molar-refractivity contribution in [3.63, 3.8) is 0 Å². The lowest BCUT2D eigenvalue weighted by Crippen LogP contribution is -2.24. The van der Waals surface area contributed by atoms with Crippen molar-refractivity contribution in [1.82, 2.24) is 14.6 Å². The van der Waals surface area contributed by atoms with E-state index in [0.717, 1.165) is 17.6 Å². The SMILES string of the molecule is CN1OC(C(F)(F)F)=CC1c1ccc2c(=O)n(-c3ccc(F)cc3)c(CCCCC3OC3O)nc2c1. The van der Waals surface area contributed by atoms with Crippen molar-refractivity contribution in [2.45, 2.75) is 50.3 Å². The smallest absolute Gasteiger partial charge is 0.400 e. The van der Waals surface area contributed by atoms with Crippen molar-refractivity contribution in [2.75, 3.05) is 7.05 Å². The number of aromatic nitrogens is 2. The number of aryl methyl sites for hydroxylation is 1. The molecule has 0 spiro atoms. The maximum absolute atomic E-state index is 13.5. The van der Waals surface area contributed by atoms with Gasteiger partial charge in [-0.15, -0.1) is 5.06 Å². The van der Waals surface area contributed by atoms with E-state index in [1.165, 1.54) is 41.9 Å². The lowest BCUT2D eigenvalue weighted by Gasteiger charge is -2.19. The minimum atomic E-state index is -4.62. The lowest BCUT2D eigenvalue weighted by molar-refractivity contribution is -0.186. The highest BCUT2D eigenvalue weighted by molar-refractivity contribution is 5.79. The van der Waals surface area contributed by atoms with Crippen LogP contribution in [0.25, 0.3) is 16.6 Å². The summed E-state index contributed by atoms with van der Waals surface area (Å²) >= 11 is 0. The monoisotopic (exact) mass is 505 g/mol. The minimum Gasteiger partial charge on any atom is -0.400 e. The van der Waals surface area contributed by atoms with Crippen LogP contribution < -0.4 is 5.56 Å². The van der Waals surface area contributed by atoms with E-state index in [1.54, 1.807) is 12.1 Å². The van der Waals surface area contributed by atoms with E-state index in [9.17, 15) is 27.5 Å². The van der Waals surface area contributed by atoms with Crippen LogP contribution >= 0.6 is 0 Å². The fraction of sp³-hybridized carbons (Fsp3) is 0.360. The number of alkyl halides is 3. The predicted octanol–water partition coefficient (Wildman–Crippen LogP) is 4.32. The molecule has 1 saturated heterocycles. The molecule has 2 aliphatic heterocycles. The Labute approximate surface area is 203 Å². The summed E-state index contributed by atoms with van der Waals surface area (Å²) in [5.74, 6) is -1.10. The third-order valence-corrected chi connectivity index (χ3v) is 6.31. The van der Waals surface area contributed by atoms with Gasteiger partial charge in [0.05, 0.1) is 22.6 Å². The first-order valence-corrected chi connectivity index (χ1v) is 11.5. The van der Waals surface area contributed by atoms with Gasteiger partial charge in [0.2, 0.25) is 5.76 Å². The van der Waals surface area contributed by atoms with Crippen LogP contribution in [-0.4, -0.2) is 45.3 Å². The van der Waals surface area contributed by atoms with Gasteiger partial charge < -0.3 is 14.7 Å². The van der Waals surface area contributed by atoms with Crippen molar-refractivity contribution < 1.29 is 32.2 Å². The zero-order chi connectivity index (χ0) is 25.6. The second kappa shape index (κ2) is 9.30. The molecule has 0 bridgehead atoms. The van der Waals surface area contributed by atoms with E-state index >= 15 is 0 Å². The molecule has 1 N–H and O–H groups in total. The van der Waals surface area contributed by atoms with E-state index in [1.807, 2.05) is 0 Å².